The summed E-state index contributed by atoms with van der Waals surface area (Å²) >= 11 is 12.1. The molecule has 0 unspecified atom stereocenters. The Hall–Kier alpha value is -7.93. The highest BCUT2D eigenvalue weighted by molar-refractivity contribution is 6.31. The highest BCUT2D eigenvalue weighted by Gasteiger charge is 2.21. The number of nitrogens with zero attached hydrogens (tertiary/aromatic N) is 2. The Morgan fingerprint density at radius 1 is 0.554 bits per heavy atom. The number of halogens is 2. The number of azo groups is 1. The quantitative estimate of drug-likeness (QED) is 0.0694. The number of ether oxygens (including phenoxy) is 3. The second-order valence-electron chi connectivity index (χ2n) is 14.3. The Morgan fingerprint density at radius 3 is 1.69 bits per heavy atom. The lowest BCUT2D eigenvalue weighted by Gasteiger charge is -2.13. The van der Waals surface area contributed by atoms with Gasteiger partial charge < -0.3 is 35.1 Å². The van der Waals surface area contributed by atoms with Crippen molar-refractivity contribution in [1.29, 1.82) is 0 Å². The van der Waals surface area contributed by atoms with Crippen LogP contribution in [0.5, 0.6) is 28.7 Å². The summed E-state index contributed by atoms with van der Waals surface area (Å²) in [7, 11) is 4.47. The van der Waals surface area contributed by atoms with E-state index in [4.69, 9.17) is 37.4 Å². The third kappa shape index (κ3) is 10.6. The second-order valence-corrected chi connectivity index (χ2v) is 15.2. The number of phenols is 2. The van der Waals surface area contributed by atoms with E-state index >= 15 is 0 Å². The van der Waals surface area contributed by atoms with Crippen LogP contribution < -0.4 is 24.8 Å². The van der Waals surface area contributed by atoms with Crippen molar-refractivity contribution >= 4 is 85.1 Å². The first-order valence-corrected chi connectivity index (χ1v) is 20.6. The summed E-state index contributed by atoms with van der Waals surface area (Å²) in [4.78, 5) is 38.8. The molecular formula is C51H40Cl2N4O8. The molecule has 0 radical (unpaired) electrons. The van der Waals surface area contributed by atoms with Crippen molar-refractivity contribution in [2.45, 2.75) is 6.42 Å². The molecule has 326 valence electrons. The minimum Gasteiger partial charge on any atom is -0.507 e. The minimum absolute atomic E-state index is 0.0246. The van der Waals surface area contributed by atoms with E-state index in [1.807, 2.05) is 60.7 Å². The van der Waals surface area contributed by atoms with Crippen molar-refractivity contribution in [3.63, 3.8) is 0 Å². The molecule has 0 fully saturated rings. The molecule has 0 aromatic heterocycles. The zero-order chi connectivity index (χ0) is 46.0. The molecule has 8 aromatic carbocycles. The average molecular weight is 908 g/mol. The molecule has 65 heavy (non-hydrogen) atoms. The molecule has 0 saturated heterocycles. The fourth-order valence-electron chi connectivity index (χ4n) is 6.87. The van der Waals surface area contributed by atoms with Gasteiger partial charge in [-0.05, 0) is 94.5 Å². The summed E-state index contributed by atoms with van der Waals surface area (Å²) in [6.45, 7) is 0. The van der Waals surface area contributed by atoms with E-state index in [1.165, 1.54) is 21.3 Å². The molecule has 14 heteroatoms. The number of hydrogen-bond acceptors (Lipinski definition) is 10. The van der Waals surface area contributed by atoms with Crippen molar-refractivity contribution in [2.24, 2.45) is 10.2 Å². The van der Waals surface area contributed by atoms with Crippen molar-refractivity contribution < 1.29 is 38.8 Å². The lowest BCUT2D eigenvalue weighted by Crippen LogP contribution is -2.13. The van der Waals surface area contributed by atoms with Gasteiger partial charge in [-0.25, -0.2) is 0 Å². The predicted molar refractivity (Wildman–Crippen MR) is 255 cm³/mol. The number of benzene rings is 8. The zero-order valence-corrected chi connectivity index (χ0v) is 36.6. The van der Waals surface area contributed by atoms with E-state index in [0.29, 0.717) is 60.7 Å². The molecule has 8 aromatic rings. The zero-order valence-electron chi connectivity index (χ0n) is 35.1. The number of methoxy groups -OCH3 is 3. The van der Waals surface area contributed by atoms with Crippen molar-refractivity contribution in [3.05, 3.63) is 184 Å². The standard InChI is InChI=1S/C33H26ClN3O5.C18H14ClNO3/c1-41-29-15-13-23(34)19-26(29)35-33(40)25-17-21-10-6-7-11-24(21)31(32(25)39)37-36-27-18-22(12-14-30(27)42-2)28(38)16-20-8-4-3-5-9-20;1-23-17-7-6-13(19)10-15(17)20-18(22)14-8-11-4-2-3-5-12(11)9-16(14)21/h3-15,17-19,39H,16H2,1-2H3,(H,35,40);2-10,21H,1H3,(H,20,22). The molecular weight excluding hydrogens is 867 g/mol. The van der Waals surface area contributed by atoms with E-state index in [-0.39, 0.29) is 40.5 Å². The Kier molecular flexibility index (Phi) is 14.2. The number of ketones is 1. The van der Waals surface area contributed by atoms with Gasteiger partial charge in [0.1, 0.15) is 34.4 Å². The normalized spacial score (nSPS) is 10.8. The number of carbonyl (C=O) groups is 3. The number of phenolic OH excluding ortho intramolecular Hbond substituents is 2. The third-order valence-electron chi connectivity index (χ3n) is 10.1. The largest absolute Gasteiger partial charge is 0.507 e. The molecule has 2 amide bonds. The average Bonchev–Trinajstić information content (AvgIpc) is 3.31. The summed E-state index contributed by atoms with van der Waals surface area (Å²) < 4.78 is 16.0. The van der Waals surface area contributed by atoms with Gasteiger partial charge in [0.05, 0.1) is 43.8 Å². The Balaban J connectivity index is 0.000000230. The second kappa shape index (κ2) is 20.5. The van der Waals surface area contributed by atoms with Crippen LogP contribution in [0.3, 0.4) is 0 Å². The Labute approximate surface area is 383 Å². The van der Waals surface area contributed by atoms with E-state index in [9.17, 15) is 24.6 Å². The number of aromatic hydroxyl groups is 2. The van der Waals surface area contributed by atoms with Gasteiger partial charge in [-0.2, -0.15) is 0 Å². The molecule has 12 nitrogen and oxygen atoms in total. The first-order valence-electron chi connectivity index (χ1n) is 19.9. The van der Waals surface area contributed by atoms with Crippen LogP contribution in [0, 0.1) is 0 Å². The lowest BCUT2D eigenvalue weighted by molar-refractivity contribution is 0.0989. The van der Waals surface area contributed by atoms with Gasteiger partial charge in [-0.15, -0.1) is 10.2 Å². The van der Waals surface area contributed by atoms with Gasteiger partial charge in [-0.1, -0.05) is 102 Å². The predicted octanol–water partition coefficient (Wildman–Crippen LogP) is 12.8. The summed E-state index contributed by atoms with van der Waals surface area (Å²) in [6.07, 6.45) is 0.226. The van der Waals surface area contributed by atoms with Gasteiger partial charge in [0.25, 0.3) is 11.8 Å². The van der Waals surface area contributed by atoms with Gasteiger partial charge in [0.2, 0.25) is 0 Å². The van der Waals surface area contributed by atoms with Gasteiger partial charge in [0.15, 0.2) is 11.5 Å². The van der Waals surface area contributed by atoms with E-state index in [0.717, 1.165) is 16.3 Å². The maximum Gasteiger partial charge on any atom is 0.259 e. The molecule has 0 saturated carbocycles. The molecule has 8 rings (SSSR count). The van der Waals surface area contributed by atoms with Gasteiger partial charge in [0, 0.05) is 27.4 Å². The molecule has 0 atom stereocenters. The molecule has 4 N–H and O–H groups in total. The smallest absolute Gasteiger partial charge is 0.259 e. The Bertz CT molecular complexity index is 3110. The maximum absolute atomic E-state index is 13.4. The number of fused-ring (bicyclic) bond motifs is 2. The fourth-order valence-corrected chi connectivity index (χ4v) is 7.21. The summed E-state index contributed by atoms with van der Waals surface area (Å²) in [6, 6.07) is 43.6. The number of hydrogen-bond donors (Lipinski definition) is 4. The highest BCUT2D eigenvalue weighted by Crippen LogP contribution is 2.41. The highest BCUT2D eigenvalue weighted by atomic mass is 35.5. The van der Waals surface area contributed by atoms with E-state index in [2.05, 4.69) is 20.9 Å². The van der Waals surface area contributed by atoms with Crippen LogP contribution in [-0.4, -0.2) is 49.1 Å². The maximum atomic E-state index is 13.4. The van der Waals surface area contributed by atoms with Crippen molar-refractivity contribution in [2.75, 3.05) is 32.0 Å². The summed E-state index contributed by atoms with van der Waals surface area (Å²) in [5.74, 6) is -0.294. The SMILES string of the molecule is COc1ccc(C(=O)Cc2ccccc2)cc1N=Nc1c(O)c(C(=O)Nc2cc(Cl)ccc2OC)cc2ccccc12.COc1ccc(Cl)cc1NC(=O)c1cc2ccccc2cc1O. The first-order chi connectivity index (χ1) is 31.5. The summed E-state index contributed by atoms with van der Waals surface area (Å²) in [5, 5.41) is 39.4. The monoisotopic (exact) mass is 906 g/mol. The van der Waals surface area contributed by atoms with Gasteiger partial charge >= 0.3 is 0 Å². The van der Waals surface area contributed by atoms with E-state index < -0.39 is 11.8 Å². The molecule has 0 bridgehead atoms. The molecule has 0 aliphatic carbocycles. The van der Waals surface area contributed by atoms with Crippen LogP contribution >= 0.6 is 23.2 Å². The van der Waals surface area contributed by atoms with Crippen LogP contribution in [0.2, 0.25) is 10.0 Å². The number of anilines is 2. The molecule has 0 spiro atoms. The summed E-state index contributed by atoms with van der Waals surface area (Å²) in [5.41, 5.74) is 2.65. The fraction of sp³-hybridized carbons (Fsp3) is 0.0784. The molecule has 0 aliphatic heterocycles. The van der Waals surface area contributed by atoms with Gasteiger partial charge in [-0.3, -0.25) is 14.4 Å². The molecule has 0 heterocycles. The van der Waals surface area contributed by atoms with Crippen molar-refractivity contribution in [1.82, 2.24) is 0 Å². The lowest BCUT2D eigenvalue weighted by atomic mass is 10.0. The van der Waals surface area contributed by atoms with Crippen LogP contribution in [0.25, 0.3) is 21.5 Å². The van der Waals surface area contributed by atoms with Crippen LogP contribution in [0.4, 0.5) is 22.7 Å². The van der Waals surface area contributed by atoms with Crippen molar-refractivity contribution in [3.8, 4) is 28.7 Å². The minimum atomic E-state index is -0.596. The number of Topliss-reactive ketones (excluding diaryl/α,β-unsaturated/α-hetero) is 1. The number of nitrogens with one attached hydrogen (secondary N) is 2. The topological polar surface area (TPSA) is 168 Å². The van der Waals surface area contributed by atoms with Crippen LogP contribution in [0.15, 0.2) is 162 Å². The first kappa shape index (κ1) is 45.1. The molecule has 0 aliphatic rings. The Morgan fingerprint density at radius 2 is 1.08 bits per heavy atom. The number of amides is 2. The van der Waals surface area contributed by atoms with Crippen LogP contribution in [0.1, 0.15) is 36.6 Å². The number of carbonyl (C=O) groups excluding carboxylic acids is 3. The van der Waals surface area contributed by atoms with Crippen LogP contribution in [-0.2, 0) is 6.42 Å². The third-order valence-corrected chi connectivity index (χ3v) is 10.6. The number of rotatable bonds is 12. The van der Waals surface area contributed by atoms with E-state index in [1.54, 1.807) is 91.0 Å².